The number of carbonyl (C=O) groups is 1. The van der Waals surface area contributed by atoms with Gasteiger partial charge in [-0.25, -0.2) is 0 Å². The number of carboxylic acids is 1. The molecule has 0 unspecified atom stereocenters. The van der Waals surface area contributed by atoms with Gasteiger partial charge in [0, 0.05) is 12.3 Å². The Morgan fingerprint density at radius 2 is 1.12 bits per heavy atom. The van der Waals surface area contributed by atoms with Crippen LogP contribution in [0.3, 0.4) is 0 Å². The summed E-state index contributed by atoms with van der Waals surface area (Å²) in [7, 11) is 0. The van der Waals surface area contributed by atoms with Crippen molar-refractivity contribution in [3.63, 3.8) is 0 Å². The zero-order valence-corrected chi connectivity index (χ0v) is 16.3. The van der Waals surface area contributed by atoms with Gasteiger partial charge in [-0.2, -0.15) is 0 Å². The molecule has 0 aliphatic carbocycles. The van der Waals surface area contributed by atoms with Crippen LogP contribution in [0.4, 0.5) is 0 Å². The second-order valence-electron chi connectivity index (χ2n) is 7.11. The van der Waals surface area contributed by atoms with Gasteiger partial charge in [-0.1, -0.05) is 90.4 Å². The Balaban J connectivity index is 3.17. The van der Waals surface area contributed by atoms with Gasteiger partial charge in [-0.05, 0) is 19.8 Å². The molecule has 1 N–H and O–H groups in total. The number of rotatable bonds is 18. The molecule has 3 nitrogen and oxygen atoms in total. The number of carboxylic acid groups (broad SMARTS) is 1. The Morgan fingerprint density at radius 3 is 1.54 bits per heavy atom. The molecular weight excluding hydrogens is 298 g/mol. The van der Waals surface area contributed by atoms with Crippen LogP contribution in [0.2, 0.25) is 0 Å². The Hall–Kier alpha value is -0.860. The predicted octanol–water partition coefficient (Wildman–Crippen LogP) is 6.79. The van der Waals surface area contributed by atoms with Crippen molar-refractivity contribution in [3.05, 3.63) is 0 Å². The van der Waals surface area contributed by atoms with Crippen LogP contribution in [0, 0.1) is 0 Å². The quantitative estimate of drug-likeness (QED) is 0.221. The van der Waals surface area contributed by atoms with E-state index in [-0.39, 0.29) is 6.42 Å². The van der Waals surface area contributed by atoms with E-state index in [0.717, 1.165) is 18.7 Å². The molecule has 0 aromatic heterocycles. The highest BCUT2D eigenvalue weighted by Crippen LogP contribution is 2.12. The van der Waals surface area contributed by atoms with Gasteiger partial charge >= 0.3 is 5.97 Å². The summed E-state index contributed by atoms with van der Waals surface area (Å²) in [6.45, 7) is 5.08. The molecule has 0 heterocycles. The largest absolute Gasteiger partial charge is 0.481 e. The molecule has 0 radical (unpaired) electrons. The summed E-state index contributed by atoms with van der Waals surface area (Å²) in [5.74, 6) is -0.735. The van der Waals surface area contributed by atoms with E-state index < -0.39 is 5.97 Å². The van der Waals surface area contributed by atoms with Gasteiger partial charge in [0.1, 0.15) is 0 Å². The molecule has 0 aliphatic rings. The molecule has 24 heavy (non-hydrogen) atoms. The second-order valence-corrected chi connectivity index (χ2v) is 7.11. The predicted molar refractivity (Wildman–Crippen MR) is 105 cm³/mol. The SMILES string of the molecule is CCCCCCCCCCCCCCCCN=C(C)CCC(=O)O. The number of hydrogen-bond acceptors (Lipinski definition) is 2. The van der Waals surface area contributed by atoms with Crippen molar-refractivity contribution >= 4 is 11.7 Å². The summed E-state index contributed by atoms with van der Waals surface area (Å²) < 4.78 is 0. The molecule has 0 aromatic rings. The third-order valence-corrected chi connectivity index (χ3v) is 4.59. The maximum absolute atomic E-state index is 10.5. The molecule has 0 atom stereocenters. The van der Waals surface area contributed by atoms with E-state index in [1.807, 2.05) is 6.92 Å². The standard InChI is InChI=1S/C21H41NO2/c1-3-4-5-6-7-8-9-10-11-12-13-14-15-16-19-22-20(2)17-18-21(23)24/h3-19H2,1-2H3,(H,23,24). The summed E-state index contributed by atoms with van der Waals surface area (Å²) >= 11 is 0. The molecule has 0 amide bonds. The lowest BCUT2D eigenvalue weighted by Crippen LogP contribution is -2.00. The van der Waals surface area contributed by atoms with Crippen LogP contribution in [0.1, 0.15) is 117 Å². The van der Waals surface area contributed by atoms with Crippen LogP contribution in [0.5, 0.6) is 0 Å². The van der Waals surface area contributed by atoms with Crippen LogP contribution in [-0.4, -0.2) is 23.3 Å². The van der Waals surface area contributed by atoms with Crippen molar-refractivity contribution in [3.8, 4) is 0 Å². The minimum atomic E-state index is -0.735. The van der Waals surface area contributed by atoms with Gasteiger partial charge in [0.2, 0.25) is 0 Å². The van der Waals surface area contributed by atoms with Gasteiger partial charge in [0.15, 0.2) is 0 Å². The first-order valence-electron chi connectivity index (χ1n) is 10.4. The van der Waals surface area contributed by atoms with Crippen LogP contribution >= 0.6 is 0 Å². The van der Waals surface area contributed by atoms with Gasteiger partial charge in [-0.3, -0.25) is 9.79 Å². The Morgan fingerprint density at radius 1 is 0.708 bits per heavy atom. The first-order chi connectivity index (χ1) is 11.7. The molecule has 0 saturated carbocycles. The highest BCUT2D eigenvalue weighted by atomic mass is 16.4. The fourth-order valence-corrected chi connectivity index (χ4v) is 2.94. The number of aliphatic imine (C=N–C) groups is 1. The summed E-state index contributed by atoms with van der Waals surface area (Å²) in [6, 6.07) is 0. The average Bonchev–Trinajstić information content (AvgIpc) is 2.56. The Labute approximate surface area is 150 Å². The lowest BCUT2D eigenvalue weighted by atomic mass is 10.0. The van der Waals surface area contributed by atoms with Gasteiger partial charge in [0.25, 0.3) is 0 Å². The summed E-state index contributed by atoms with van der Waals surface area (Å²) in [5, 5.41) is 8.61. The molecule has 0 aromatic carbocycles. The van der Waals surface area contributed by atoms with Gasteiger partial charge in [-0.15, -0.1) is 0 Å². The minimum Gasteiger partial charge on any atom is -0.481 e. The summed E-state index contributed by atoms with van der Waals surface area (Å²) in [6.07, 6.45) is 20.0. The molecule has 0 saturated heterocycles. The number of hydrogen-bond donors (Lipinski definition) is 1. The molecule has 0 spiro atoms. The fraction of sp³-hybridized carbons (Fsp3) is 0.905. The van der Waals surface area contributed by atoms with Crippen molar-refractivity contribution in [1.82, 2.24) is 0 Å². The molecular formula is C21H41NO2. The molecule has 0 aliphatic heterocycles. The van der Waals surface area contributed by atoms with E-state index >= 15 is 0 Å². The molecule has 0 rings (SSSR count). The first-order valence-corrected chi connectivity index (χ1v) is 10.4. The molecule has 142 valence electrons. The van der Waals surface area contributed by atoms with Crippen LogP contribution < -0.4 is 0 Å². The van der Waals surface area contributed by atoms with E-state index in [9.17, 15) is 4.79 Å². The van der Waals surface area contributed by atoms with Gasteiger partial charge < -0.3 is 5.11 Å². The second kappa shape index (κ2) is 18.5. The Kier molecular flexibility index (Phi) is 17.8. The van der Waals surface area contributed by atoms with Crippen molar-refractivity contribution < 1.29 is 9.90 Å². The maximum Gasteiger partial charge on any atom is 0.303 e. The minimum absolute atomic E-state index is 0.202. The smallest absolute Gasteiger partial charge is 0.303 e. The monoisotopic (exact) mass is 339 g/mol. The first kappa shape index (κ1) is 23.1. The van der Waals surface area contributed by atoms with Crippen molar-refractivity contribution in [1.29, 1.82) is 0 Å². The normalized spacial score (nSPS) is 11.8. The molecule has 0 fully saturated rings. The number of unbranched alkanes of at least 4 members (excludes halogenated alkanes) is 13. The van der Waals surface area contributed by atoms with E-state index in [2.05, 4.69) is 11.9 Å². The topological polar surface area (TPSA) is 49.7 Å². The van der Waals surface area contributed by atoms with Gasteiger partial charge in [0.05, 0.1) is 6.42 Å². The average molecular weight is 340 g/mol. The number of aliphatic carboxylic acids is 1. The van der Waals surface area contributed by atoms with E-state index in [4.69, 9.17) is 5.11 Å². The van der Waals surface area contributed by atoms with Crippen molar-refractivity contribution in [2.24, 2.45) is 4.99 Å². The lowest BCUT2D eigenvalue weighted by molar-refractivity contribution is -0.136. The van der Waals surface area contributed by atoms with E-state index in [0.29, 0.717) is 6.42 Å². The fourth-order valence-electron chi connectivity index (χ4n) is 2.94. The van der Waals surface area contributed by atoms with Crippen molar-refractivity contribution in [2.75, 3.05) is 6.54 Å². The summed E-state index contributed by atoms with van der Waals surface area (Å²) in [4.78, 5) is 14.9. The Bertz CT molecular complexity index is 313. The summed E-state index contributed by atoms with van der Waals surface area (Å²) in [5.41, 5.74) is 0.979. The van der Waals surface area contributed by atoms with E-state index in [1.165, 1.54) is 83.5 Å². The highest BCUT2D eigenvalue weighted by molar-refractivity contribution is 5.85. The molecule has 3 heteroatoms. The van der Waals surface area contributed by atoms with Crippen LogP contribution in [0.15, 0.2) is 4.99 Å². The third kappa shape index (κ3) is 19.2. The lowest BCUT2D eigenvalue weighted by Gasteiger charge is -2.03. The maximum atomic E-state index is 10.5. The van der Waals surface area contributed by atoms with Crippen molar-refractivity contribution in [2.45, 2.75) is 117 Å². The van der Waals surface area contributed by atoms with Crippen LogP contribution in [-0.2, 0) is 4.79 Å². The van der Waals surface area contributed by atoms with E-state index in [1.54, 1.807) is 0 Å². The zero-order chi connectivity index (χ0) is 17.9. The highest BCUT2D eigenvalue weighted by Gasteiger charge is 1.98. The molecule has 0 bridgehead atoms. The zero-order valence-electron chi connectivity index (χ0n) is 16.3. The third-order valence-electron chi connectivity index (χ3n) is 4.59. The van der Waals surface area contributed by atoms with Crippen LogP contribution in [0.25, 0.3) is 0 Å². The number of nitrogens with zero attached hydrogens (tertiary/aromatic N) is 1.